The first-order valence-electron chi connectivity index (χ1n) is 8.43. The van der Waals surface area contributed by atoms with Gasteiger partial charge < -0.3 is 13.9 Å². The Hall–Kier alpha value is -0.563. The number of carbonyl (C=O) groups is 2. The molecule has 0 amide bonds. The van der Waals surface area contributed by atoms with Gasteiger partial charge in [-0.1, -0.05) is 0 Å². The lowest BCUT2D eigenvalue weighted by Gasteiger charge is -2.52. The SMILES string of the molecule is CC(=O)C1CC2(C)OC1C1(C)CC(C(C)=O)C2(O[Si](C)(C)C)O1. The van der Waals surface area contributed by atoms with Crippen LogP contribution in [-0.2, 0) is 23.5 Å². The van der Waals surface area contributed by atoms with Crippen LogP contribution in [0.1, 0.15) is 40.5 Å². The summed E-state index contributed by atoms with van der Waals surface area (Å²) in [5.41, 5.74) is -1.41. The first-order valence-corrected chi connectivity index (χ1v) is 11.8. The third-order valence-corrected chi connectivity index (χ3v) is 6.54. The molecule has 0 aromatic heterocycles. The Morgan fingerprint density at radius 1 is 1.09 bits per heavy atom. The fraction of sp³-hybridized carbons (Fsp3) is 0.882. The molecule has 3 saturated heterocycles. The number of fused-ring (bicyclic) bond motifs is 6. The van der Waals surface area contributed by atoms with Crippen molar-refractivity contribution in [3.8, 4) is 0 Å². The van der Waals surface area contributed by atoms with E-state index < -0.39 is 25.3 Å². The standard InChI is InChI=1S/C17H28O5Si/c1-10(18)12-8-16(4)17(22-23(5,6)7)13(11(2)19)9-15(3,21-17)14(12)20-16/h12-14H,8-9H2,1-7H3. The van der Waals surface area contributed by atoms with E-state index in [-0.39, 0.29) is 29.5 Å². The first kappa shape index (κ1) is 17.3. The Bertz CT molecular complexity index is 570. The van der Waals surface area contributed by atoms with Gasteiger partial charge in [0.15, 0.2) is 14.1 Å². The highest BCUT2D eigenvalue weighted by Crippen LogP contribution is 2.64. The number of rotatable bonds is 4. The largest absolute Gasteiger partial charge is 0.388 e. The van der Waals surface area contributed by atoms with E-state index in [9.17, 15) is 9.59 Å². The minimum Gasteiger partial charge on any atom is -0.388 e. The van der Waals surface area contributed by atoms with Crippen molar-refractivity contribution in [3.05, 3.63) is 0 Å². The molecule has 6 unspecified atom stereocenters. The number of hydrogen-bond acceptors (Lipinski definition) is 5. The van der Waals surface area contributed by atoms with Crippen LogP contribution in [0, 0.1) is 11.8 Å². The smallest absolute Gasteiger partial charge is 0.198 e. The van der Waals surface area contributed by atoms with Crippen LogP contribution in [0.25, 0.3) is 0 Å². The molecule has 3 aliphatic rings. The molecule has 3 heterocycles. The lowest BCUT2D eigenvalue weighted by atomic mass is 9.72. The molecule has 0 aromatic rings. The molecule has 0 N–H and O–H groups in total. The summed E-state index contributed by atoms with van der Waals surface area (Å²) >= 11 is 0. The van der Waals surface area contributed by atoms with Gasteiger partial charge in [-0.2, -0.15) is 0 Å². The second-order valence-electron chi connectivity index (χ2n) is 8.85. The van der Waals surface area contributed by atoms with Crippen LogP contribution in [0.4, 0.5) is 0 Å². The number of carbonyl (C=O) groups excluding carboxylic acids is 2. The van der Waals surface area contributed by atoms with Crippen LogP contribution < -0.4 is 0 Å². The molecule has 3 rings (SSSR count). The van der Waals surface area contributed by atoms with Crippen LogP contribution in [0.2, 0.25) is 19.6 Å². The molecule has 4 bridgehead atoms. The highest BCUT2D eigenvalue weighted by atomic mass is 28.4. The zero-order chi connectivity index (χ0) is 17.4. The van der Waals surface area contributed by atoms with Crippen LogP contribution in [0.5, 0.6) is 0 Å². The summed E-state index contributed by atoms with van der Waals surface area (Å²) in [5.74, 6) is -1.41. The Morgan fingerprint density at radius 2 is 1.70 bits per heavy atom. The van der Waals surface area contributed by atoms with E-state index in [2.05, 4.69) is 19.6 Å². The normalized spacial score (nSPS) is 48.6. The summed E-state index contributed by atoms with van der Waals surface area (Å²) in [6, 6.07) is 0. The molecule has 0 spiro atoms. The monoisotopic (exact) mass is 340 g/mol. The molecule has 3 fully saturated rings. The Morgan fingerprint density at radius 3 is 2.17 bits per heavy atom. The van der Waals surface area contributed by atoms with E-state index in [1.54, 1.807) is 13.8 Å². The molecule has 6 heteroatoms. The summed E-state index contributed by atoms with van der Waals surface area (Å²) in [5, 5.41) is 0. The highest BCUT2D eigenvalue weighted by molar-refractivity contribution is 6.69. The number of Topliss-reactive ketones (excluding diaryl/α,β-unsaturated/α-hetero) is 2. The molecular weight excluding hydrogens is 312 g/mol. The molecule has 130 valence electrons. The van der Waals surface area contributed by atoms with Gasteiger partial charge in [0.1, 0.15) is 17.2 Å². The third-order valence-electron chi connectivity index (χ3n) is 5.62. The van der Waals surface area contributed by atoms with Gasteiger partial charge in [0, 0.05) is 5.92 Å². The lowest BCUT2D eigenvalue weighted by Crippen LogP contribution is -2.65. The van der Waals surface area contributed by atoms with E-state index >= 15 is 0 Å². The van der Waals surface area contributed by atoms with Crippen molar-refractivity contribution in [2.45, 2.75) is 83.3 Å². The Kier molecular flexibility index (Phi) is 3.56. The molecule has 6 atom stereocenters. The van der Waals surface area contributed by atoms with Gasteiger partial charge >= 0.3 is 0 Å². The summed E-state index contributed by atoms with van der Waals surface area (Å²) in [6.07, 6.45) is 0.806. The molecule has 0 saturated carbocycles. The maximum atomic E-state index is 12.4. The van der Waals surface area contributed by atoms with E-state index in [1.807, 2.05) is 13.8 Å². The molecule has 0 aromatic carbocycles. The topological polar surface area (TPSA) is 61.8 Å². The Labute approximate surface area is 139 Å². The minimum absolute atomic E-state index is 0.0729. The van der Waals surface area contributed by atoms with Gasteiger partial charge in [0.05, 0.1) is 17.6 Å². The van der Waals surface area contributed by atoms with Crippen molar-refractivity contribution in [1.82, 2.24) is 0 Å². The average Bonchev–Trinajstić information content (AvgIpc) is 2.83. The van der Waals surface area contributed by atoms with Crippen LogP contribution >= 0.6 is 0 Å². The molecule has 3 aliphatic heterocycles. The maximum absolute atomic E-state index is 12.4. The summed E-state index contributed by atoms with van der Waals surface area (Å²) in [4.78, 5) is 24.5. The second kappa shape index (κ2) is 4.75. The predicted molar refractivity (Wildman–Crippen MR) is 87.5 cm³/mol. The van der Waals surface area contributed by atoms with Gasteiger partial charge in [0.2, 0.25) is 0 Å². The molecular formula is C17H28O5Si. The van der Waals surface area contributed by atoms with Gasteiger partial charge in [0.25, 0.3) is 0 Å². The van der Waals surface area contributed by atoms with Crippen LogP contribution in [0.15, 0.2) is 0 Å². The predicted octanol–water partition coefficient (Wildman–Crippen LogP) is 2.68. The zero-order valence-electron chi connectivity index (χ0n) is 15.2. The maximum Gasteiger partial charge on any atom is 0.198 e. The lowest BCUT2D eigenvalue weighted by molar-refractivity contribution is -0.359. The fourth-order valence-corrected chi connectivity index (χ4v) is 6.09. The van der Waals surface area contributed by atoms with Crippen molar-refractivity contribution in [3.63, 3.8) is 0 Å². The van der Waals surface area contributed by atoms with Crippen LogP contribution in [0.3, 0.4) is 0 Å². The van der Waals surface area contributed by atoms with Crippen molar-refractivity contribution in [2.75, 3.05) is 0 Å². The Balaban J connectivity index is 2.13. The van der Waals surface area contributed by atoms with Gasteiger partial charge in [-0.3, -0.25) is 9.59 Å². The zero-order valence-corrected chi connectivity index (χ0v) is 16.2. The minimum atomic E-state index is -2.01. The summed E-state index contributed by atoms with van der Waals surface area (Å²) in [6.45, 7) is 13.4. The molecule has 5 nitrogen and oxygen atoms in total. The van der Waals surface area contributed by atoms with Gasteiger partial charge in [-0.15, -0.1) is 0 Å². The van der Waals surface area contributed by atoms with Gasteiger partial charge in [-0.25, -0.2) is 0 Å². The first-order chi connectivity index (χ1) is 10.3. The molecule has 23 heavy (non-hydrogen) atoms. The highest BCUT2D eigenvalue weighted by Gasteiger charge is 2.77. The van der Waals surface area contributed by atoms with Crippen LogP contribution in [-0.4, -0.2) is 43.0 Å². The van der Waals surface area contributed by atoms with E-state index in [0.29, 0.717) is 12.8 Å². The van der Waals surface area contributed by atoms with Gasteiger partial charge in [-0.05, 0) is 60.2 Å². The summed E-state index contributed by atoms with van der Waals surface area (Å²) < 4.78 is 19.4. The van der Waals surface area contributed by atoms with E-state index in [1.165, 1.54) is 0 Å². The quantitative estimate of drug-likeness (QED) is 0.736. The second-order valence-corrected chi connectivity index (χ2v) is 13.3. The summed E-state index contributed by atoms with van der Waals surface area (Å²) in [7, 11) is -2.01. The van der Waals surface area contributed by atoms with Crippen molar-refractivity contribution < 1.29 is 23.5 Å². The molecule has 0 radical (unpaired) electrons. The van der Waals surface area contributed by atoms with Crippen molar-refractivity contribution >= 4 is 19.9 Å². The van der Waals surface area contributed by atoms with E-state index in [0.717, 1.165) is 0 Å². The molecule has 0 aliphatic carbocycles. The van der Waals surface area contributed by atoms with E-state index in [4.69, 9.17) is 13.9 Å². The van der Waals surface area contributed by atoms with Crippen molar-refractivity contribution in [1.29, 1.82) is 0 Å². The number of ketones is 2. The average molecular weight is 340 g/mol. The number of ether oxygens (including phenoxy) is 2. The fourth-order valence-electron chi connectivity index (χ4n) is 4.78. The number of hydrogen-bond donors (Lipinski definition) is 0. The third kappa shape index (κ3) is 2.29. The van der Waals surface area contributed by atoms with Crippen molar-refractivity contribution in [2.24, 2.45) is 11.8 Å².